The summed E-state index contributed by atoms with van der Waals surface area (Å²) in [5.74, 6) is -1.29. The molecule has 0 aromatic rings. The fourth-order valence-corrected chi connectivity index (χ4v) is 2.13. The van der Waals surface area contributed by atoms with Crippen LogP contribution in [0.25, 0.3) is 0 Å². The Hall–Kier alpha value is -1.67. The van der Waals surface area contributed by atoms with Crippen molar-refractivity contribution in [3.8, 4) is 0 Å². The van der Waals surface area contributed by atoms with Gasteiger partial charge in [0.1, 0.15) is 0 Å². The van der Waals surface area contributed by atoms with E-state index in [4.69, 9.17) is 15.6 Å². The van der Waals surface area contributed by atoms with E-state index in [1.165, 1.54) is 0 Å². The highest BCUT2D eigenvalue weighted by atomic mass is 16.5. The maximum absolute atomic E-state index is 11.6. The lowest BCUT2D eigenvalue weighted by Crippen LogP contribution is -2.51. The second kappa shape index (κ2) is 7.81. The molecule has 8 nitrogen and oxygen atoms in total. The van der Waals surface area contributed by atoms with Gasteiger partial charge in [-0.1, -0.05) is 0 Å². The lowest BCUT2D eigenvalue weighted by atomic mass is 10.1. The number of nitrogens with zero attached hydrogens (tertiary/aromatic N) is 1. The first-order valence-corrected chi connectivity index (χ1v) is 6.58. The van der Waals surface area contributed by atoms with Crippen LogP contribution in [0.1, 0.15) is 26.2 Å². The number of carboxylic acid groups (broad SMARTS) is 1. The second-order valence-corrected chi connectivity index (χ2v) is 4.78. The van der Waals surface area contributed by atoms with E-state index in [0.29, 0.717) is 13.1 Å². The Kier molecular flexibility index (Phi) is 6.40. The Morgan fingerprint density at radius 2 is 2.00 bits per heavy atom. The smallest absolute Gasteiger partial charge is 0.318 e. The SMILES string of the molecule is CC(C(=O)NC(N)=O)N1CCC(OCCC(=O)O)CC1. The number of imide groups is 1. The van der Waals surface area contributed by atoms with E-state index in [0.717, 1.165) is 12.8 Å². The molecule has 20 heavy (non-hydrogen) atoms. The van der Waals surface area contributed by atoms with Gasteiger partial charge in [-0.3, -0.25) is 19.8 Å². The summed E-state index contributed by atoms with van der Waals surface area (Å²) in [7, 11) is 0. The summed E-state index contributed by atoms with van der Waals surface area (Å²) in [4.78, 5) is 34.6. The molecule has 1 aliphatic heterocycles. The van der Waals surface area contributed by atoms with Crippen LogP contribution in [0.5, 0.6) is 0 Å². The van der Waals surface area contributed by atoms with Crippen molar-refractivity contribution in [3.63, 3.8) is 0 Å². The molecule has 1 aliphatic rings. The van der Waals surface area contributed by atoms with Gasteiger partial charge in [0.15, 0.2) is 0 Å². The number of nitrogens with one attached hydrogen (secondary N) is 1. The highest BCUT2D eigenvalue weighted by Crippen LogP contribution is 2.16. The number of carboxylic acids is 1. The lowest BCUT2D eigenvalue weighted by Gasteiger charge is -2.34. The average molecular weight is 287 g/mol. The van der Waals surface area contributed by atoms with Gasteiger partial charge in [0.2, 0.25) is 5.91 Å². The maximum Gasteiger partial charge on any atom is 0.318 e. The van der Waals surface area contributed by atoms with Crippen molar-refractivity contribution in [2.45, 2.75) is 38.3 Å². The van der Waals surface area contributed by atoms with Gasteiger partial charge >= 0.3 is 12.0 Å². The first-order chi connectivity index (χ1) is 9.40. The molecule has 0 aromatic carbocycles. The van der Waals surface area contributed by atoms with E-state index in [9.17, 15) is 14.4 Å². The molecule has 3 amide bonds. The number of primary amides is 1. The monoisotopic (exact) mass is 287 g/mol. The van der Waals surface area contributed by atoms with Gasteiger partial charge in [0.05, 0.1) is 25.2 Å². The molecule has 1 unspecified atom stereocenters. The molecule has 1 saturated heterocycles. The van der Waals surface area contributed by atoms with Crippen LogP contribution in [0, 0.1) is 0 Å². The third-order valence-corrected chi connectivity index (χ3v) is 3.32. The lowest BCUT2D eigenvalue weighted by molar-refractivity contribution is -0.139. The Balaban J connectivity index is 2.29. The standard InChI is InChI=1S/C12H21N3O5/c1-8(11(18)14-12(13)19)15-5-2-9(3-6-15)20-7-4-10(16)17/h8-9H,2-7H2,1H3,(H,16,17)(H3,13,14,18,19). The van der Waals surface area contributed by atoms with Crippen molar-refractivity contribution < 1.29 is 24.2 Å². The number of nitrogens with two attached hydrogens (primary N) is 1. The molecule has 1 fully saturated rings. The molecule has 4 N–H and O–H groups in total. The van der Waals surface area contributed by atoms with Crippen LogP contribution in [0.4, 0.5) is 4.79 Å². The van der Waals surface area contributed by atoms with Crippen molar-refractivity contribution in [3.05, 3.63) is 0 Å². The van der Waals surface area contributed by atoms with Gasteiger partial charge < -0.3 is 15.6 Å². The van der Waals surface area contributed by atoms with Gasteiger partial charge in [-0.25, -0.2) is 4.79 Å². The number of likely N-dealkylation sites (tertiary alicyclic amines) is 1. The van der Waals surface area contributed by atoms with Gasteiger partial charge in [0.25, 0.3) is 0 Å². The predicted molar refractivity (Wildman–Crippen MR) is 70.0 cm³/mol. The number of carbonyl (C=O) groups excluding carboxylic acids is 2. The van der Waals surface area contributed by atoms with Crippen molar-refractivity contribution in [2.24, 2.45) is 5.73 Å². The number of urea groups is 1. The first kappa shape index (κ1) is 16.4. The zero-order valence-electron chi connectivity index (χ0n) is 11.5. The minimum Gasteiger partial charge on any atom is -0.481 e. The van der Waals surface area contributed by atoms with E-state index in [-0.39, 0.29) is 19.1 Å². The van der Waals surface area contributed by atoms with Gasteiger partial charge in [-0.15, -0.1) is 0 Å². The summed E-state index contributed by atoms with van der Waals surface area (Å²) in [5.41, 5.74) is 4.90. The molecule has 0 spiro atoms. The molecule has 0 bridgehead atoms. The summed E-state index contributed by atoms with van der Waals surface area (Å²) in [6.45, 7) is 3.23. The predicted octanol–water partition coefficient (Wildman–Crippen LogP) is -0.474. The van der Waals surface area contributed by atoms with E-state index in [2.05, 4.69) is 5.32 Å². The first-order valence-electron chi connectivity index (χ1n) is 6.58. The molecule has 0 aliphatic carbocycles. The number of carbonyl (C=O) groups is 3. The summed E-state index contributed by atoms with van der Waals surface area (Å²) < 4.78 is 5.46. The van der Waals surface area contributed by atoms with Crippen LogP contribution in [0.15, 0.2) is 0 Å². The van der Waals surface area contributed by atoms with Crippen LogP contribution in [0.2, 0.25) is 0 Å². The molecule has 0 radical (unpaired) electrons. The fourth-order valence-electron chi connectivity index (χ4n) is 2.13. The average Bonchev–Trinajstić information content (AvgIpc) is 2.37. The maximum atomic E-state index is 11.6. The largest absolute Gasteiger partial charge is 0.481 e. The molecular weight excluding hydrogens is 266 g/mol. The Labute approximate surface area is 117 Å². The highest BCUT2D eigenvalue weighted by molar-refractivity contribution is 5.96. The van der Waals surface area contributed by atoms with Crippen molar-refractivity contribution >= 4 is 17.9 Å². The molecule has 114 valence electrons. The summed E-state index contributed by atoms with van der Waals surface area (Å²) in [6.07, 6.45) is 1.48. The second-order valence-electron chi connectivity index (χ2n) is 4.78. The van der Waals surface area contributed by atoms with Crippen LogP contribution >= 0.6 is 0 Å². The minimum atomic E-state index is -0.876. The fraction of sp³-hybridized carbons (Fsp3) is 0.750. The van der Waals surface area contributed by atoms with E-state index >= 15 is 0 Å². The van der Waals surface area contributed by atoms with Gasteiger partial charge in [-0.2, -0.15) is 0 Å². The number of aliphatic carboxylic acids is 1. The molecule has 1 heterocycles. The Morgan fingerprint density at radius 1 is 1.40 bits per heavy atom. The third-order valence-electron chi connectivity index (χ3n) is 3.32. The Morgan fingerprint density at radius 3 is 2.50 bits per heavy atom. The van der Waals surface area contributed by atoms with Crippen LogP contribution < -0.4 is 11.1 Å². The number of hydrogen-bond acceptors (Lipinski definition) is 5. The molecule has 0 aromatic heterocycles. The zero-order chi connectivity index (χ0) is 15.1. The molecule has 8 heteroatoms. The van der Waals surface area contributed by atoms with Gasteiger partial charge in [0, 0.05) is 13.1 Å². The molecule has 1 rings (SSSR count). The Bertz CT molecular complexity index is 366. The zero-order valence-corrected chi connectivity index (χ0v) is 11.5. The van der Waals surface area contributed by atoms with Crippen molar-refractivity contribution in [1.29, 1.82) is 0 Å². The topological polar surface area (TPSA) is 122 Å². The number of hydrogen-bond donors (Lipinski definition) is 3. The van der Waals surface area contributed by atoms with E-state index in [1.54, 1.807) is 6.92 Å². The van der Waals surface area contributed by atoms with Crippen molar-refractivity contribution in [2.75, 3.05) is 19.7 Å². The minimum absolute atomic E-state index is 0.00235. The van der Waals surface area contributed by atoms with E-state index in [1.807, 2.05) is 4.90 Å². The normalized spacial score (nSPS) is 18.4. The van der Waals surface area contributed by atoms with Crippen LogP contribution in [0.3, 0.4) is 0 Å². The highest BCUT2D eigenvalue weighted by Gasteiger charge is 2.27. The molecule has 0 saturated carbocycles. The van der Waals surface area contributed by atoms with Gasteiger partial charge in [-0.05, 0) is 19.8 Å². The third kappa shape index (κ3) is 5.54. The van der Waals surface area contributed by atoms with Crippen LogP contribution in [-0.2, 0) is 14.3 Å². The molecular formula is C12H21N3O5. The number of rotatable bonds is 6. The van der Waals surface area contributed by atoms with Crippen LogP contribution in [-0.4, -0.2) is 59.8 Å². The summed E-state index contributed by atoms with van der Waals surface area (Å²) >= 11 is 0. The number of ether oxygens (including phenoxy) is 1. The summed E-state index contributed by atoms with van der Waals surface area (Å²) in [6, 6.07) is -1.28. The van der Waals surface area contributed by atoms with Crippen molar-refractivity contribution in [1.82, 2.24) is 10.2 Å². The van der Waals surface area contributed by atoms with E-state index < -0.39 is 23.9 Å². The summed E-state index contributed by atoms with van der Waals surface area (Å²) in [5, 5.41) is 10.6. The number of piperidine rings is 1. The quantitative estimate of drug-likeness (QED) is 0.607. The molecule has 1 atom stereocenters. The number of amides is 3.